The SMILES string of the molecule is CC1(C)CC1C(N)Cc1ccccc1Cl. The van der Waals surface area contributed by atoms with Gasteiger partial charge in [-0.2, -0.15) is 0 Å². The van der Waals surface area contributed by atoms with Gasteiger partial charge in [0.05, 0.1) is 0 Å². The van der Waals surface area contributed by atoms with Crippen LogP contribution in [0, 0.1) is 11.3 Å². The summed E-state index contributed by atoms with van der Waals surface area (Å²) in [5.41, 5.74) is 7.82. The fourth-order valence-electron chi connectivity index (χ4n) is 2.30. The molecule has 1 aromatic carbocycles. The van der Waals surface area contributed by atoms with Gasteiger partial charge < -0.3 is 5.73 Å². The Kier molecular flexibility index (Phi) is 2.78. The number of nitrogens with two attached hydrogens (primary N) is 1. The highest BCUT2D eigenvalue weighted by Gasteiger charge is 2.48. The molecular weight excluding hydrogens is 206 g/mol. The van der Waals surface area contributed by atoms with Crippen LogP contribution in [0.3, 0.4) is 0 Å². The fourth-order valence-corrected chi connectivity index (χ4v) is 2.51. The molecule has 82 valence electrons. The molecule has 1 aromatic rings. The highest BCUT2D eigenvalue weighted by Crippen LogP contribution is 2.53. The Morgan fingerprint density at radius 1 is 1.47 bits per heavy atom. The van der Waals surface area contributed by atoms with Gasteiger partial charge in [-0.3, -0.25) is 0 Å². The number of benzene rings is 1. The van der Waals surface area contributed by atoms with Gasteiger partial charge in [-0.1, -0.05) is 43.6 Å². The maximum Gasteiger partial charge on any atom is 0.0438 e. The molecule has 2 N–H and O–H groups in total. The highest BCUT2D eigenvalue weighted by molar-refractivity contribution is 6.31. The molecule has 0 spiro atoms. The predicted molar refractivity (Wildman–Crippen MR) is 65.0 cm³/mol. The van der Waals surface area contributed by atoms with Crippen LogP contribution in [0.25, 0.3) is 0 Å². The van der Waals surface area contributed by atoms with Gasteiger partial charge >= 0.3 is 0 Å². The molecule has 2 unspecified atom stereocenters. The average molecular weight is 224 g/mol. The largest absolute Gasteiger partial charge is 0.327 e. The van der Waals surface area contributed by atoms with Crippen molar-refractivity contribution in [1.29, 1.82) is 0 Å². The number of hydrogen-bond acceptors (Lipinski definition) is 1. The maximum absolute atomic E-state index is 6.20. The molecule has 0 aromatic heterocycles. The topological polar surface area (TPSA) is 26.0 Å². The van der Waals surface area contributed by atoms with Crippen LogP contribution in [-0.2, 0) is 6.42 Å². The molecule has 0 amide bonds. The van der Waals surface area contributed by atoms with E-state index in [-0.39, 0.29) is 6.04 Å². The quantitative estimate of drug-likeness (QED) is 0.837. The first kappa shape index (κ1) is 11.0. The van der Waals surface area contributed by atoms with E-state index >= 15 is 0 Å². The van der Waals surface area contributed by atoms with Crippen LogP contribution in [0.2, 0.25) is 5.02 Å². The molecule has 1 nitrogen and oxygen atoms in total. The molecule has 2 heteroatoms. The first-order valence-corrected chi connectivity index (χ1v) is 5.87. The van der Waals surface area contributed by atoms with Crippen LogP contribution in [0.1, 0.15) is 25.8 Å². The smallest absolute Gasteiger partial charge is 0.0438 e. The minimum absolute atomic E-state index is 0.250. The third kappa shape index (κ3) is 2.35. The highest BCUT2D eigenvalue weighted by atomic mass is 35.5. The van der Waals surface area contributed by atoms with E-state index in [2.05, 4.69) is 19.9 Å². The van der Waals surface area contributed by atoms with Gasteiger partial charge in [-0.15, -0.1) is 0 Å². The van der Waals surface area contributed by atoms with Crippen molar-refractivity contribution in [2.75, 3.05) is 0 Å². The van der Waals surface area contributed by atoms with Crippen molar-refractivity contribution in [1.82, 2.24) is 0 Å². The van der Waals surface area contributed by atoms with Gasteiger partial charge in [0.25, 0.3) is 0 Å². The van der Waals surface area contributed by atoms with Crippen LogP contribution >= 0.6 is 11.6 Å². The minimum atomic E-state index is 0.250. The average Bonchev–Trinajstić information content (AvgIpc) is 2.79. The Morgan fingerprint density at radius 3 is 2.60 bits per heavy atom. The summed E-state index contributed by atoms with van der Waals surface area (Å²) in [6, 6.07) is 8.23. The van der Waals surface area contributed by atoms with E-state index < -0.39 is 0 Å². The number of halogens is 1. The molecule has 1 aliphatic rings. The van der Waals surface area contributed by atoms with Crippen molar-refractivity contribution in [2.24, 2.45) is 17.1 Å². The van der Waals surface area contributed by atoms with E-state index in [0.717, 1.165) is 11.4 Å². The Morgan fingerprint density at radius 2 is 2.07 bits per heavy atom. The van der Waals surface area contributed by atoms with E-state index in [1.165, 1.54) is 12.0 Å². The Balaban J connectivity index is 2.01. The second-order valence-electron chi connectivity index (χ2n) is 5.26. The summed E-state index contributed by atoms with van der Waals surface area (Å²) < 4.78 is 0. The monoisotopic (exact) mass is 223 g/mol. The minimum Gasteiger partial charge on any atom is -0.327 e. The summed E-state index contributed by atoms with van der Waals surface area (Å²) in [6.45, 7) is 4.56. The molecule has 0 aliphatic heterocycles. The van der Waals surface area contributed by atoms with Gasteiger partial charge in [0, 0.05) is 11.1 Å². The molecular formula is C13H18ClN. The lowest BCUT2D eigenvalue weighted by Crippen LogP contribution is -2.27. The second kappa shape index (κ2) is 3.80. The van der Waals surface area contributed by atoms with Crippen molar-refractivity contribution in [3.63, 3.8) is 0 Å². The lowest BCUT2D eigenvalue weighted by atomic mass is 9.98. The molecule has 2 rings (SSSR count). The van der Waals surface area contributed by atoms with Crippen LogP contribution in [0.4, 0.5) is 0 Å². The van der Waals surface area contributed by atoms with Gasteiger partial charge in [0.1, 0.15) is 0 Å². The Hall–Kier alpha value is -0.530. The Bertz CT molecular complexity index is 359. The molecule has 0 heterocycles. The van der Waals surface area contributed by atoms with E-state index in [1.54, 1.807) is 0 Å². The number of rotatable bonds is 3. The molecule has 1 saturated carbocycles. The zero-order chi connectivity index (χ0) is 11.1. The summed E-state index contributed by atoms with van der Waals surface area (Å²) in [4.78, 5) is 0. The van der Waals surface area contributed by atoms with Crippen LogP contribution in [-0.4, -0.2) is 6.04 Å². The first-order valence-electron chi connectivity index (χ1n) is 5.50. The molecule has 0 radical (unpaired) electrons. The second-order valence-corrected chi connectivity index (χ2v) is 5.67. The van der Waals surface area contributed by atoms with Crippen LogP contribution < -0.4 is 5.73 Å². The lowest BCUT2D eigenvalue weighted by molar-refractivity contribution is 0.476. The normalized spacial score (nSPS) is 24.9. The molecule has 15 heavy (non-hydrogen) atoms. The van der Waals surface area contributed by atoms with Gasteiger partial charge in [-0.25, -0.2) is 0 Å². The summed E-state index contributed by atoms with van der Waals surface area (Å²) in [6.07, 6.45) is 2.15. The zero-order valence-electron chi connectivity index (χ0n) is 9.33. The molecule has 1 fully saturated rings. The summed E-state index contributed by atoms with van der Waals surface area (Å²) in [5, 5.41) is 0.839. The van der Waals surface area contributed by atoms with Gasteiger partial charge in [0.2, 0.25) is 0 Å². The summed E-state index contributed by atoms with van der Waals surface area (Å²) in [5.74, 6) is 0.661. The first-order chi connectivity index (χ1) is 7.00. The van der Waals surface area contributed by atoms with E-state index in [4.69, 9.17) is 17.3 Å². The zero-order valence-corrected chi connectivity index (χ0v) is 10.1. The molecule has 2 atom stereocenters. The standard InChI is InChI=1S/C13H18ClN/c1-13(2)8-10(13)12(15)7-9-5-3-4-6-11(9)14/h3-6,10,12H,7-8,15H2,1-2H3. The third-order valence-corrected chi connectivity index (χ3v) is 3.89. The Labute approximate surface area is 96.6 Å². The fraction of sp³-hybridized carbons (Fsp3) is 0.538. The van der Waals surface area contributed by atoms with Crippen molar-refractivity contribution in [3.8, 4) is 0 Å². The van der Waals surface area contributed by atoms with Crippen molar-refractivity contribution >= 4 is 11.6 Å². The molecule has 1 aliphatic carbocycles. The predicted octanol–water partition coefficient (Wildman–Crippen LogP) is 3.26. The van der Waals surface area contributed by atoms with E-state index in [1.807, 2.05) is 18.2 Å². The summed E-state index contributed by atoms with van der Waals surface area (Å²) in [7, 11) is 0. The van der Waals surface area contributed by atoms with E-state index in [9.17, 15) is 0 Å². The van der Waals surface area contributed by atoms with Crippen molar-refractivity contribution < 1.29 is 0 Å². The molecule has 0 saturated heterocycles. The van der Waals surface area contributed by atoms with Crippen molar-refractivity contribution in [2.45, 2.75) is 32.7 Å². The number of hydrogen-bond donors (Lipinski definition) is 1. The lowest BCUT2D eigenvalue weighted by Gasteiger charge is -2.14. The van der Waals surface area contributed by atoms with Gasteiger partial charge in [-0.05, 0) is 35.8 Å². The molecule has 0 bridgehead atoms. The van der Waals surface area contributed by atoms with E-state index in [0.29, 0.717) is 11.3 Å². The maximum atomic E-state index is 6.20. The van der Waals surface area contributed by atoms with Crippen LogP contribution in [0.5, 0.6) is 0 Å². The third-order valence-electron chi connectivity index (χ3n) is 3.52. The van der Waals surface area contributed by atoms with Crippen LogP contribution in [0.15, 0.2) is 24.3 Å². The van der Waals surface area contributed by atoms with Crippen molar-refractivity contribution in [3.05, 3.63) is 34.9 Å². The van der Waals surface area contributed by atoms with Gasteiger partial charge in [0.15, 0.2) is 0 Å². The summed E-state index contributed by atoms with van der Waals surface area (Å²) >= 11 is 6.11.